The molecule has 1 saturated carbocycles. The van der Waals surface area contributed by atoms with Crippen molar-refractivity contribution in [1.29, 1.82) is 0 Å². The first-order valence-electron chi connectivity index (χ1n) is 8.28. The molecule has 23 heavy (non-hydrogen) atoms. The van der Waals surface area contributed by atoms with Gasteiger partial charge in [-0.1, -0.05) is 36.8 Å². The van der Waals surface area contributed by atoms with Crippen molar-refractivity contribution in [3.05, 3.63) is 47.9 Å². The zero-order valence-electron chi connectivity index (χ0n) is 13.2. The Labute approximate surface area is 136 Å². The fourth-order valence-corrected chi connectivity index (χ4v) is 2.83. The molecule has 0 spiro atoms. The van der Waals surface area contributed by atoms with Crippen LogP contribution in [0.25, 0.3) is 0 Å². The second-order valence-electron chi connectivity index (χ2n) is 5.89. The summed E-state index contributed by atoms with van der Waals surface area (Å²) in [6, 6.07) is 10.3. The van der Waals surface area contributed by atoms with E-state index in [-0.39, 0.29) is 17.9 Å². The number of rotatable bonds is 6. The number of nitrogens with zero attached hydrogens (tertiary/aromatic N) is 2. The first-order chi connectivity index (χ1) is 11.3. The number of aromatic nitrogens is 2. The minimum absolute atomic E-state index is 0.159. The minimum atomic E-state index is -0.450. The molecule has 0 radical (unpaired) electrons. The van der Waals surface area contributed by atoms with E-state index < -0.39 is 5.82 Å². The van der Waals surface area contributed by atoms with Crippen LogP contribution in [0.4, 0.5) is 10.2 Å². The molecule has 1 aliphatic carbocycles. The number of nitrogens with one attached hydrogen (secondary N) is 1. The monoisotopic (exact) mass is 315 g/mol. The van der Waals surface area contributed by atoms with Crippen LogP contribution in [0.15, 0.2) is 36.5 Å². The van der Waals surface area contributed by atoms with Crippen molar-refractivity contribution in [2.45, 2.75) is 44.6 Å². The van der Waals surface area contributed by atoms with Gasteiger partial charge in [0, 0.05) is 6.54 Å². The molecule has 0 bridgehead atoms. The van der Waals surface area contributed by atoms with E-state index in [1.807, 2.05) is 18.2 Å². The highest BCUT2D eigenvalue weighted by Crippen LogP contribution is 2.22. The van der Waals surface area contributed by atoms with Gasteiger partial charge in [0.05, 0.1) is 6.20 Å². The molecular weight excluding hydrogens is 293 g/mol. The summed E-state index contributed by atoms with van der Waals surface area (Å²) in [5.74, 6) is -0.240. The van der Waals surface area contributed by atoms with Crippen molar-refractivity contribution >= 4 is 5.82 Å². The van der Waals surface area contributed by atoms with Gasteiger partial charge in [-0.05, 0) is 37.7 Å². The molecule has 3 rings (SSSR count). The Kier molecular flexibility index (Phi) is 5.40. The molecule has 1 aliphatic rings. The highest BCUT2D eigenvalue weighted by molar-refractivity contribution is 5.36. The average Bonchev–Trinajstić information content (AvgIpc) is 2.59. The fraction of sp³-hybridized carbons (Fsp3) is 0.444. The third kappa shape index (κ3) is 4.65. The quantitative estimate of drug-likeness (QED) is 0.876. The fourth-order valence-electron chi connectivity index (χ4n) is 2.83. The highest BCUT2D eigenvalue weighted by Gasteiger charge is 2.17. The summed E-state index contributed by atoms with van der Waals surface area (Å²) in [6.07, 6.45) is 7.80. The number of halogens is 1. The van der Waals surface area contributed by atoms with Crippen molar-refractivity contribution in [3.63, 3.8) is 0 Å². The van der Waals surface area contributed by atoms with Gasteiger partial charge in [-0.25, -0.2) is 9.37 Å². The van der Waals surface area contributed by atoms with Crippen molar-refractivity contribution < 1.29 is 9.13 Å². The predicted octanol–water partition coefficient (Wildman–Crippen LogP) is 3.98. The van der Waals surface area contributed by atoms with Crippen molar-refractivity contribution in [3.8, 4) is 6.01 Å². The van der Waals surface area contributed by atoms with Gasteiger partial charge >= 0.3 is 6.01 Å². The first-order valence-corrected chi connectivity index (χ1v) is 8.28. The molecule has 1 aromatic heterocycles. The Morgan fingerprint density at radius 3 is 2.70 bits per heavy atom. The summed E-state index contributed by atoms with van der Waals surface area (Å²) >= 11 is 0. The second-order valence-corrected chi connectivity index (χ2v) is 5.89. The molecule has 4 nitrogen and oxygen atoms in total. The van der Waals surface area contributed by atoms with Gasteiger partial charge in [0.25, 0.3) is 0 Å². The van der Waals surface area contributed by atoms with Crippen LogP contribution in [-0.4, -0.2) is 22.6 Å². The molecule has 0 unspecified atom stereocenters. The van der Waals surface area contributed by atoms with Crippen LogP contribution in [0.5, 0.6) is 6.01 Å². The Hall–Kier alpha value is -2.17. The molecule has 1 N–H and O–H groups in total. The van der Waals surface area contributed by atoms with E-state index in [2.05, 4.69) is 27.4 Å². The van der Waals surface area contributed by atoms with Crippen LogP contribution in [-0.2, 0) is 6.42 Å². The van der Waals surface area contributed by atoms with Crippen molar-refractivity contribution in [1.82, 2.24) is 9.97 Å². The number of anilines is 1. The lowest BCUT2D eigenvalue weighted by Crippen LogP contribution is -2.21. The average molecular weight is 315 g/mol. The minimum Gasteiger partial charge on any atom is -0.460 e. The molecule has 0 atom stereocenters. The standard InChI is InChI=1S/C18H22FN3O/c19-16-13-21-18(23-15-9-5-2-6-10-15)22-17(16)20-12-11-14-7-3-1-4-8-14/h1,3-4,7-8,13,15H,2,5-6,9-12H2,(H,20,21,22). The van der Waals surface area contributed by atoms with Crippen molar-refractivity contribution in [2.24, 2.45) is 0 Å². The van der Waals surface area contributed by atoms with Crippen LogP contribution < -0.4 is 10.1 Å². The zero-order valence-corrected chi connectivity index (χ0v) is 13.2. The Morgan fingerprint density at radius 1 is 1.13 bits per heavy atom. The van der Waals surface area contributed by atoms with Crippen LogP contribution in [0.2, 0.25) is 0 Å². The van der Waals surface area contributed by atoms with Crippen LogP contribution >= 0.6 is 0 Å². The lowest BCUT2D eigenvalue weighted by Gasteiger charge is -2.21. The van der Waals surface area contributed by atoms with E-state index in [4.69, 9.17) is 4.74 Å². The Morgan fingerprint density at radius 2 is 1.91 bits per heavy atom. The molecule has 1 fully saturated rings. The molecule has 1 heterocycles. The third-order valence-corrected chi connectivity index (χ3v) is 4.10. The van der Waals surface area contributed by atoms with E-state index in [0.717, 1.165) is 19.3 Å². The first kappa shape index (κ1) is 15.7. The smallest absolute Gasteiger partial charge is 0.318 e. The van der Waals surface area contributed by atoms with E-state index in [1.165, 1.54) is 31.0 Å². The van der Waals surface area contributed by atoms with Gasteiger partial charge < -0.3 is 10.1 Å². The van der Waals surface area contributed by atoms with Crippen molar-refractivity contribution in [2.75, 3.05) is 11.9 Å². The maximum absolute atomic E-state index is 13.8. The third-order valence-electron chi connectivity index (χ3n) is 4.10. The molecule has 2 aromatic rings. The molecule has 122 valence electrons. The second kappa shape index (κ2) is 7.90. The van der Waals surface area contributed by atoms with Crippen LogP contribution in [0.3, 0.4) is 0 Å². The summed E-state index contributed by atoms with van der Waals surface area (Å²) in [7, 11) is 0. The zero-order chi connectivity index (χ0) is 15.9. The van der Waals surface area contributed by atoms with E-state index in [1.54, 1.807) is 0 Å². The molecule has 0 saturated heterocycles. The normalized spacial score (nSPS) is 15.3. The molecule has 0 amide bonds. The maximum Gasteiger partial charge on any atom is 0.318 e. The van der Waals surface area contributed by atoms with Crippen LogP contribution in [0, 0.1) is 5.82 Å². The number of ether oxygens (including phenoxy) is 1. The van der Waals surface area contributed by atoms with Gasteiger partial charge in [0.15, 0.2) is 11.6 Å². The topological polar surface area (TPSA) is 47.0 Å². The lowest BCUT2D eigenvalue weighted by molar-refractivity contribution is 0.141. The summed E-state index contributed by atoms with van der Waals surface area (Å²) in [6.45, 7) is 0.612. The summed E-state index contributed by atoms with van der Waals surface area (Å²) in [5.41, 5.74) is 1.20. The van der Waals surface area contributed by atoms with E-state index in [9.17, 15) is 4.39 Å². The molecule has 1 aromatic carbocycles. The predicted molar refractivity (Wildman–Crippen MR) is 88.1 cm³/mol. The van der Waals surface area contributed by atoms with E-state index in [0.29, 0.717) is 6.54 Å². The van der Waals surface area contributed by atoms with Gasteiger partial charge in [-0.15, -0.1) is 0 Å². The number of benzene rings is 1. The Balaban J connectivity index is 1.56. The summed E-state index contributed by atoms with van der Waals surface area (Å²) in [4.78, 5) is 8.13. The van der Waals surface area contributed by atoms with E-state index >= 15 is 0 Å². The summed E-state index contributed by atoms with van der Waals surface area (Å²) in [5, 5.41) is 3.03. The summed E-state index contributed by atoms with van der Waals surface area (Å²) < 4.78 is 19.6. The lowest BCUT2D eigenvalue weighted by atomic mass is 9.98. The Bertz CT molecular complexity index is 615. The molecular formula is C18H22FN3O. The number of hydrogen-bond donors (Lipinski definition) is 1. The van der Waals surface area contributed by atoms with Gasteiger partial charge in [-0.2, -0.15) is 4.98 Å². The molecule has 0 aliphatic heterocycles. The molecule has 5 heteroatoms. The van der Waals surface area contributed by atoms with Gasteiger partial charge in [-0.3, -0.25) is 0 Å². The number of hydrogen-bond acceptors (Lipinski definition) is 4. The maximum atomic E-state index is 13.8. The highest BCUT2D eigenvalue weighted by atomic mass is 19.1. The van der Waals surface area contributed by atoms with Crippen LogP contribution in [0.1, 0.15) is 37.7 Å². The largest absolute Gasteiger partial charge is 0.460 e. The van der Waals surface area contributed by atoms with Gasteiger partial charge in [0.2, 0.25) is 0 Å². The SMILES string of the molecule is Fc1cnc(OC2CCCCC2)nc1NCCc1ccccc1. The van der Waals surface area contributed by atoms with Gasteiger partial charge in [0.1, 0.15) is 6.10 Å².